The van der Waals surface area contributed by atoms with E-state index in [1.807, 2.05) is 0 Å². The number of hydrogen-bond donors (Lipinski definition) is 4. The fourth-order valence-corrected chi connectivity index (χ4v) is 5.10. The third-order valence-electron chi connectivity index (χ3n) is 4.29. The molecule has 0 radical (unpaired) electrons. The zero-order valence-corrected chi connectivity index (χ0v) is 17.3. The summed E-state index contributed by atoms with van der Waals surface area (Å²) in [4.78, 5) is -0.512. The predicted molar refractivity (Wildman–Crippen MR) is 113 cm³/mol. The summed E-state index contributed by atoms with van der Waals surface area (Å²) in [6.45, 7) is -0.720. The second-order valence-electron chi connectivity index (χ2n) is 6.32. The third kappa shape index (κ3) is 4.79. The molecule has 30 heavy (non-hydrogen) atoms. The van der Waals surface area contributed by atoms with Gasteiger partial charge in [-0.05, 0) is 30.3 Å². The number of rotatable bonds is 8. The molecule has 0 saturated carbocycles. The van der Waals surface area contributed by atoms with E-state index in [4.69, 9.17) is 0 Å². The van der Waals surface area contributed by atoms with Gasteiger partial charge in [0, 0.05) is 11.1 Å². The van der Waals surface area contributed by atoms with Crippen molar-refractivity contribution < 1.29 is 27.0 Å². The first-order valence-electron chi connectivity index (χ1n) is 8.80. The van der Waals surface area contributed by atoms with Crippen molar-refractivity contribution in [3.05, 3.63) is 83.9 Å². The number of benzene rings is 3. The molecule has 158 valence electrons. The summed E-state index contributed by atoms with van der Waals surface area (Å²) in [7, 11) is -8.22. The highest BCUT2D eigenvalue weighted by molar-refractivity contribution is 7.93. The second kappa shape index (κ2) is 8.84. The Morgan fingerprint density at radius 1 is 0.600 bits per heavy atom. The number of nitrogens with one attached hydrogen (secondary N) is 2. The van der Waals surface area contributed by atoms with E-state index in [-0.39, 0.29) is 34.4 Å². The van der Waals surface area contributed by atoms with Crippen LogP contribution in [0.5, 0.6) is 0 Å². The summed E-state index contributed by atoms with van der Waals surface area (Å²) in [6, 6.07) is 17.6. The standard InChI is InChI=1S/C20H20N2O6S2/c23-13-15-6-1-3-10-19(15)21-29(25,26)17-8-5-9-18(12-17)30(27,28)22-20-11-4-2-7-16(20)14-24/h1-12,21-24H,13-14H2. The smallest absolute Gasteiger partial charge is 0.261 e. The van der Waals surface area contributed by atoms with E-state index >= 15 is 0 Å². The molecule has 0 bridgehead atoms. The molecular weight excluding hydrogens is 428 g/mol. The first kappa shape index (κ1) is 21.8. The Morgan fingerprint density at radius 3 is 1.40 bits per heavy atom. The van der Waals surface area contributed by atoms with Crippen LogP contribution in [0.3, 0.4) is 0 Å². The summed E-state index contributed by atoms with van der Waals surface area (Å²) in [5, 5.41) is 18.8. The summed E-state index contributed by atoms with van der Waals surface area (Å²) in [5.74, 6) is 0. The van der Waals surface area contributed by atoms with Crippen molar-refractivity contribution in [3.8, 4) is 0 Å². The van der Waals surface area contributed by atoms with Crippen LogP contribution in [0.25, 0.3) is 0 Å². The Balaban J connectivity index is 1.93. The van der Waals surface area contributed by atoms with Crippen LogP contribution in [-0.2, 0) is 33.3 Å². The van der Waals surface area contributed by atoms with Crippen LogP contribution < -0.4 is 9.44 Å². The van der Waals surface area contributed by atoms with Crippen molar-refractivity contribution in [2.45, 2.75) is 23.0 Å². The molecule has 3 rings (SSSR count). The minimum absolute atomic E-state index is 0.197. The van der Waals surface area contributed by atoms with Crippen molar-refractivity contribution in [1.82, 2.24) is 0 Å². The van der Waals surface area contributed by atoms with Crippen molar-refractivity contribution in [3.63, 3.8) is 0 Å². The lowest BCUT2D eigenvalue weighted by Crippen LogP contribution is -2.17. The van der Waals surface area contributed by atoms with Gasteiger partial charge in [0.1, 0.15) is 0 Å². The number of sulfonamides is 2. The SMILES string of the molecule is O=S(=O)(Nc1ccccc1CO)c1cccc(S(=O)(=O)Nc2ccccc2CO)c1. The van der Waals surface area contributed by atoms with Gasteiger partial charge in [0.2, 0.25) is 0 Å². The summed E-state index contributed by atoms with van der Waals surface area (Å²) in [6.07, 6.45) is 0. The van der Waals surface area contributed by atoms with Crippen LogP contribution in [0, 0.1) is 0 Å². The zero-order chi connectivity index (χ0) is 21.8. The van der Waals surface area contributed by atoms with E-state index in [9.17, 15) is 27.0 Å². The van der Waals surface area contributed by atoms with Gasteiger partial charge in [0.05, 0.1) is 34.4 Å². The maximum absolute atomic E-state index is 12.8. The molecular formula is C20H20N2O6S2. The lowest BCUT2D eigenvalue weighted by Gasteiger charge is -2.14. The fourth-order valence-electron chi connectivity index (χ4n) is 2.73. The van der Waals surface area contributed by atoms with Crippen LogP contribution in [0.2, 0.25) is 0 Å². The summed E-state index contributed by atoms with van der Waals surface area (Å²) in [5.41, 5.74) is 1.16. The lowest BCUT2D eigenvalue weighted by molar-refractivity contribution is 0.282. The number of aliphatic hydroxyl groups excluding tert-OH is 2. The molecule has 10 heteroatoms. The van der Waals surface area contributed by atoms with Crippen LogP contribution in [0.15, 0.2) is 82.6 Å². The summed E-state index contributed by atoms with van der Waals surface area (Å²) < 4.78 is 55.8. The van der Waals surface area contributed by atoms with Gasteiger partial charge in [-0.1, -0.05) is 42.5 Å². The average molecular weight is 449 g/mol. The fraction of sp³-hybridized carbons (Fsp3) is 0.100. The molecule has 0 aliphatic carbocycles. The monoisotopic (exact) mass is 448 g/mol. The van der Waals surface area contributed by atoms with E-state index in [1.165, 1.54) is 30.3 Å². The largest absolute Gasteiger partial charge is 0.392 e. The average Bonchev–Trinajstić information content (AvgIpc) is 2.74. The van der Waals surface area contributed by atoms with E-state index in [0.29, 0.717) is 11.1 Å². The van der Waals surface area contributed by atoms with Crippen molar-refractivity contribution >= 4 is 31.4 Å². The topological polar surface area (TPSA) is 133 Å². The molecule has 0 aliphatic heterocycles. The number of aliphatic hydroxyl groups is 2. The van der Waals surface area contributed by atoms with Gasteiger partial charge in [0.25, 0.3) is 20.0 Å². The number of anilines is 2. The second-order valence-corrected chi connectivity index (χ2v) is 9.68. The number of hydrogen-bond acceptors (Lipinski definition) is 6. The Bertz CT molecular complexity index is 1160. The first-order valence-corrected chi connectivity index (χ1v) is 11.8. The highest BCUT2D eigenvalue weighted by Crippen LogP contribution is 2.24. The Hall–Kier alpha value is -2.92. The molecule has 3 aromatic rings. The Labute approximate surface area is 174 Å². The molecule has 0 unspecified atom stereocenters. The Morgan fingerprint density at radius 2 is 1.00 bits per heavy atom. The maximum Gasteiger partial charge on any atom is 0.261 e. The molecule has 0 amide bonds. The van der Waals surface area contributed by atoms with Crippen molar-refractivity contribution in [1.29, 1.82) is 0 Å². The maximum atomic E-state index is 12.8. The molecule has 0 saturated heterocycles. The van der Waals surface area contributed by atoms with Crippen LogP contribution in [0.1, 0.15) is 11.1 Å². The molecule has 8 nitrogen and oxygen atoms in total. The molecule has 0 aliphatic rings. The molecule has 0 fully saturated rings. The van der Waals surface area contributed by atoms with Gasteiger partial charge in [0.15, 0.2) is 0 Å². The minimum Gasteiger partial charge on any atom is -0.392 e. The highest BCUT2D eigenvalue weighted by atomic mass is 32.2. The molecule has 0 spiro atoms. The lowest BCUT2D eigenvalue weighted by atomic mass is 10.2. The van der Waals surface area contributed by atoms with Crippen LogP contribution in [0.4, 0.5) is 11.4 Å². The van der Waals surface area contributed by atoms with Gasteiger partial charge >= 0.3 is 0 Å². The molecule has 0 heterocycles. The van der Waals surface area contributed by atoms with Gasteiger partial charge in [-0.15, -0.1) is 0 Å². The molecule has 4 N–H and O–H groups in total. The molecule has 0 atom stereocenters. The van der Waals surface area contributed by atoms with Gasteiger partial charge < -0.3 is 10.2 Å². The zero-order valence-electron chi connectivity index (χ0n) is 15.7. The van der Waals surface area contributed by atoms with Gasteiger partial charge in [-0.3, -0.25) is 9.44 Å². The van der Waals surface area contributed by atoms with E-state index in [1.54, 1.807) is 36.4 Å². The predicted octanol–water partition coefficient (Wildman–Crippen LogP) is 2.27. The van der Waals surface area contributed by atoms with E-state index < -0.39 is 20.0 Å². The molecule has 3 aromatic carbocycles. The minimum atomic E-state index is -4.11. The number of para-hydroxylation sites is 2. The van der Waals surface area contributed by atoms with Crippen LogP contribution in [-0.4, -0.2) is 27.0 Å². The first-order chi connectivity index (χ1) is 14.3. The molecule has 0 aromatic heterocycles. The van der Waals surface area contributed by atoms with Crippen molar-refractivity contribution in [2.75, 3.05) is 9.44 Å². The van der Waals surface area contributed by atoms with Gasteiger partial charge in [-0.2, -0.15) is 0 Å². The Kier molecular flexibility index (Phi) is 6.42. The van der Waals surface area contributed by atoms with Crippen molar-refractivity contribution in [2.24, 2.45) is 0 Å². The van der Waals surface area contributed by atoms with Crippen LogP contribution >= 0.6 is 0 Å². The third-order valence-corrected chi connectivity index (χ3v) is 7.02. The summed E-state index contributed by atoms with van der Waals surface area (Å²) >= 11 is 0. The normalized spacial score (nSPS) is 11.8. The highest BCUT2D eigenvalue weighted by Gasteiger charge is 2.21. The van der Waals surface area contributed by atoms with Gasteiger partial charge in [-0.25, -0.2) is 16.8 Å². The van der Waals surface area contributed by atoms with E-state index in [2.05, 4.69) is 9.44 Å². The van der Waals surface area contributed by atoms with E-state index in [0.717, 1.165) is 6.07 Å². The quantitative estimate of drug-likeness (QED) is 0.418.